The quantitative estimate of drug-likeness (QED) is 0.503. The molecule has 2 aromatic heterocycles. The highest BCUT2D eigenvalue weighted by atomic mass is 19.3. The number of anilines is 1. The minimum atomic E-state index is -2.95. The molecule has 1 aliphatic rings. The molecular weight excluding hydrogens is 417 g/mol. The first-order valence-corrected chi connectivity index (χ1v) is 9.80. The molecule has 31 heavy (non-hydrogen) atoms. The van der Waals surface area contributed by atoms with Gasteiger partial charge in [-0.1, -0.05) is 18.2 Å². The van der Waals surface area contributed by atoms with E-state index < -0.39 is 41.4 Å². The lowest BCUT2D eigenvalue weighted by Gasteiger charge is -2.22. The van der Waals surface area contributed by atoms with Crippen molar-refractivity contribution in [3.05, 3.63) is 69.5 Å². The molecule has 1 saturated carbocycles. The Morgan fingerprint density at radius 3 is 2.42 bits per heavy atom. The second-order valence-electron chi connectivity index (χ2n) is 7.91. The molecular formula is C22H20F5N3O. The first-order valence-electron chi connectivity index (χ1n) is 9.80. The summed E-state index contributed by atoms with van der Waals surface area (Å²) in [5.74, 6) is -1.00. The molecule has 164 valence electrons. The Hall–Kier alpha value is -2.97. The van der Waals surface area contributed by atoms with Crippen molar-refractivity contribution in [2.24, 2.45) is 0 Å². The van der Waals surface area contributed by atoms with E-state index in [4.69, 9.17) is 0 Å². The number of halogens is 5. The standard InChI is InChI=1S/C22H20F5N3O/c1-11-8-16(29-12(2)13-4-3-5-14(19(13)23)20(24)25)15-10-30(18(31)9-17(15)28-11)22(6-7-22)21(26)27/h3-5,8-10,12,20-21,29H,6-7H2,1-2H3/t12-/m1/s1. The summed E-state index contributed by atoms with van der Waals surface area (Å²) >= 11 is 0. The fraction of sp³-hybridized carbons (Fsp3) is 0.364. The molecule has 1 aliphatic carbocycles. The van der Waals surface area contributed by atoms with E-state index in [1.165, 1.54) is 24.4 Å². The maximum Gasteiger partial charge on any atom is 0.266 e. The van der Waals surface area contributed by atoms with Gasteiger partial charge in [0.25, 0.3) is 18.4 Å². The Kier molecular flexibility index (Phi) is 5.23. The second-order valence-corrected chi connectivity index (χ2v) is 7.91. The molecule has 3 aromatic rings. The number of aromatic nitrogens is 2. The molecule has 1 fully saturated rings. The fourth-order valence-electron chi connectivity index (χ4n) is 3.87. The molecule has 1 N–H and O–H groups in total. The molecule has 0 bridgehead atoms. The maximum atomic E-state index is 14.6. The molecule has 0 amide bonds. The van der Waals surface area contributed by atoms with Crippen LogP contribution in [0.3, 0.4) is 0 Å². The smallest absolute Gasteiger partial charge is 0.266 e. The number of hydrogen-bond acceptors (Lipinski definition) is 3. The Morgan fingerprint density at radius 1 is 1.13 bits per heavy atom. The van der Waals surface area contributed by atoms with Crippen LogP contribution in [0.5, 0.6) is 0 Å². The van der Waals surface area contributed by atoms with Crippen LogP contribution in [0, 0.1) is 12.7 Å². The van der Waals surface area contributed by atoms with Gasteiger partial charge in [0.1, 0.15) is 11.4 Å². The molecule has 0 spiro atoms. The van der Waals surface area contributed by atoms with E-state index in [0.717, 1.165) is 10.6 Å². The Morgan fingerprint density at radius 2 is 1.81 bits per heavy atom. The van der Waals surface area contributed by atoms with Gasteiger partial charge in [-0.15, -0.1) is 0 Å². The van der Waals surface area contributed by atoms with Gasteiger partial charge in [0, 0.05) is 34.6 Å². The third-order valence-electron chi connectivity index (χ3n) is 5.75. The molecule has 1 atom stereocenters. The number of pyridine rings is 2. The minimum Gasteiger partial charge on any atom is -0.378 e. The first-order chi connectivity index (χ1) is 14.6. The van der Waals surface area contributed by atoms with Crippen LogP contribution in [0.25, 0.3) is 10.9 Å². The maximum absolute atomic E-state index is 14.6. The van der Waals surface area contributed by atoms with Gasteiger partial charge in [-0.2, -0.15) is 0 Å². The van der Waals surface area contributed by atoms with Crippen molar-refractivity contribution in [3.63, 3.8) is 0 Å². The molecule has 2 heterocycles. The summed E-state index contributed by atoms with van der Waals surface area (Å²) in [4.78, 5) is 16.8. The SMILES string of the molecule is Cc1cc(N[C@H](C)c2cccc(C(F)F)c2F)c2cn(C3(C(F)F)CC3)c(=O)cc2n1. The number of nitrogens with zero attached hydrogens (tertiary/aromatic N) is 2. The fourth-order valence-corrected chi connectivity index (χ4v) is 3.87. The van der Waals surface area contributed by atoms with Crippen LogP contribution in [0.1, 0.15) is 49.1 Å². The average molecular weight is 437 g/mol. The van der Waals surface area contributed by atoms with Crippen LogP contribution < -0.4 is 10.9 Å². The van der Waals surface area contributed by atoms with Gasteiger partial charge in [-0.05, 0) is 32.8 Å². The Balaban J connectivity index is 1.79. The summed E-state index contributed by atoms with van der Waals surface area (Å²) in [6.45, 7) is 3.30. The lowest BCUT2D eigenvalue weighted by Crippen LogP contribution is -2.35. The van der Waals surface area contributed by atoms with Crippen molar-refractivity contribution in [1.29, 1.82) is 0 Å². The van der Waals surface area contributed by atoms with Crippen molar-refractivity contribution >= 4 is 16.6 Å². The zero-order valence-electron chi connectivity index (χ0n) is 16.8. The number of alkyl halides is 4. The third-order valence-corrected chi connectivity index (χ3v) is 5.75. The molecule has 4 rings (SSSR count). The monoisotopic (exact) mass is 437 g/mol. The topological polar surface area (TPSA) is 46.9 Å². The second kappa shape index (κ2) is 7.62. The summed E-state index contributed by atoms with van der Waals surface area (Å²) in [6.07, 6.45) is -3.90. The zero-order chi connectivity index (χ0) is 22.5. The van der Waals surface area contributed by atoms with Crippen LogP contribution in [-0.4, -0.2) is 16.0 Å². The van der Waals surface area contributed by atoms with E-state index >= 15 is 0 Å². The highest BCUT2D eigenvalue weighted by Crippen LogP contribution is 2.48. The van der Waals surface area contributed by atoms with Crippen molar-refractivity contribution in [1.82, 2.24) is 9.55 Å². The van der Waals surface area contributed by atoms with E-state index in [2.05, 4.69) is 10.3 Å². The molecule has 0 radical (unpaired) electrons. The third kappa shape index (κ3) is 3.66. The number of rotatable bonds is 6. The molecule has 0 saturated heterocycles. The van der Waals surface area contributed by atoms with Crippen LogP contribution in [-0.2, 0) is 5.54 Å². The lowest BCUT2D eigenvalue weighted by atomic mass is 10.0. The van der Waals surface area contributed by atoms with E-state index in [0.29, 0.717) is 22.3 Å². The van der Waals surface area contributed by atoms with Crippen molar-refractivity contribution in [3.8, 4) is 0 Å². The van der Waals surface area contributed by atoms with E-state index in [1.807, 2.05) is 0 Å². The number of nitrogens with one attached hydrogen (secondary N) is 1. The Labute approximate surface area is 174 Å². The van der Waals surface area contributed by atoms with Gasteiger partial charge < -0.3 is 9.88 Å². The predicted molar refractivity (Wildman–Crippen MR) is 107 cm³/mol. The largest absolute Gasteiger partial charge is 0.378 e. The molecule has 0 unspecified atom stereocenters. The summed E-state index contributed by atoms with van der Waals surface area (Å²) in [5.41, 5.74) is -1.44. The molecule has 1 aromatic carbocycles. The van der Waals surface area contributed by atoms with Gasteiger partial charge in [0.15, 0.2) is 0 Å². The van der Waals surface area contributed by atoms with Gasteiger partial charge in [-0.25, -0.2) is 22.0 Å². The van der Waals surface area contributed by atoms with Crippen molar-refractivity contribution in [2.75, 3.05) is 5.32 Å². The lowest BCUT2D eigenvalue weighted by molar-refractivity contribution is 0.0654. The van der Waals surface area contributed by atoms with Crippen molar-refractivity contribution in [2.45, 2.75) is 51.1 Å². The number of fused-ring (bicyclic) bond motifs is 1. The Bertz CT molecular complexity index is 1200. The van der Waals surface area contributed by atoms with Gasteiger partial charge >= 0.3 is 0 Å². The number of aryl methyl sites for hydroxylation is 1. The number of hydrogen-bond donors (Lipinski definition) is 1. The molecule has 0 aliphatic heterocycles. The average Bonchev–Trinajstić information content (AvgIpc) is 3.49. The van der Waals surface area contributed by atoms with Crippen LogP contribution in [0.2, 0.25) is 0 Å². The summed E-state index contributed by atoms with van der Waals surface area (Å²) in [5, 5.41) is 3.48. The van der Waals surface area contributed by atoms with Crippen molar-refractivity contribution < 1.29 is 22.0 Å². The summed E-state index contributed by atoms with van der Waals surface area (Å²) in [6, 6.07) is 5.92. The molecule has 4 nitrogen and oxygen atoms in total. The normalized spacial score (nSPS) is 16.2. The summed E-state index contributed by atoms with van der Waals surface area (Å²) in [7, 11) is 0. The first kappa shape index (κ1) is 21.3. The van der Waals surface area contributed by atoms with E-state index in [9.17, 15) is 26.7 Å². The summed E-state index contributed by atoms with van der Waals surface area (Å²) < 4.78 is 68.9. The number of benzene rings is 1. The van der Waals surface area contributed by atoms with E-state index in [1.54, 1.807) is 19.9 Å². The van der Waals surface area contributed by atoms with Crippen LogP contribution in [0.4, 0.5) is 27.6 Å². The van der Waals surface area contributed by atoms with Gasteiger partial charge in [-0.3, -0.25) is 9.78 Å². The van der Waals surface area contributed by atoms with E-state index in [-0.39, 0.29) is 18.4 Å². The van der Waals surface area contributed by atoms with Crippen LogP contribution in [0.15, 0.2) is 41.3 Å². The minimum absolute atomic E-state index is 0.0416. The zero-order valence-corrected chi connectivity index (χ0v) is 16.8. The van der Waals surface area contributed by atoms with Crippen LogP contribution >= 0.6 is 0 Å². The molecule has 9 heteroatoms. The predicted octanol–water partition coefficient (Wildman–Crippen LogP) is 5.71. The highest BCUT2D eigenvalue weighted by molar-refractivity contribution is 5.91. The highest BCUT2D eigenvalue weighted by Gasteiger charge is 2.53. The van der Waals surface area contributed by atoms with Gasteiger partial charge in [0.05, 0.1) is 17.1 Å². The van der Waals surface area contributed by atoms with Gasteiger partial charge in [0.2, 0.25) is 0 Å².